The third kappa shape index (κ3) is 3.41. The van der Waals surface area contributed by atoms with Crippen molar-refractivity contribution in [3.8, 4) is 0 Å². The Morgan fingerprint density at radius 2 is 2.47 bits per heavy atom. The molecule has 0 aromatic carbocycles. The van der Waals surface area contributed by atoms with Gasteiger partial charge in [0.05, 0.1) is 13.2 Å². The summed E-state index contributed by atoms with van der Waals surface area (Å²) in [5.74, 6) is 0.945. The van der Waals surface area contributed by atoms with Crippen LogP contribution in [0.3, 0.4) is 0 Å². The van der Waals surface area contributed by atoms with Crippen molar-refractivity contribution in [3.05, 3.63) is 24.4 Å². The number of rotatable bonds is 4. The molecule has 1 aliphatic heterocycles. The minimum atomic E-state index is 0.496. The van der Waals surface area contributed by atoms with Crippen molar-refractivity contribution >= 4 is 5.82 Å². The molecular formula is C13H21N3O. The lowest BCUT2D eigenvalue weighted by Crippen LogP contribution is -2.50. The van der Waals surface area contributed by atoms with Crippen LogP contribution in [0.2, 0.25) is 0 Å². The molecule has 2 heterocycles. The van der Waals surface area contributed by atoms with E-state index in [4.69, 9.17) is 4.74 Å². The summed E-state index contributed by atoms with van der Waals surface area (Å²) in [6.45, 7) is 8.09. The van der Waals surface area contributed by atoms with Crippen LogP contribution >= 0.6 is 0 Å². The molecule has 1 aliphatic rings. The molecule has 1 aromatic rings. The zero-order chi connectivity index (χ0) is 12.1. The number of nitrogens with one attached hydrogen (secondary N) is 1. The second-order valence-corrected chi connectivity index (χ2v) is 4.61. The van der Waals surface area contributed by atoms with Gasteiger partial charge < -0.3 is 10.1 Å². The van der Waals surface area contributed by atoms with E-state index in [0.717, 1.165) is 32.1 Å². The number of nitrogens with zero attached hydrogens (tertiary/aromatic N) is 2. The maximum atomic E-state index is 5.45. The lowest BCUT2D eigenvalue weighted by atomic mass is 10.2. The van der Waals surface area contributed by atoms with Crippen LogP contribution in [0.25, 0.3) is 0 Å². The fourth-order valence-corrected chi connectivity index (χ4v) is 2.23. The summed E-state index contributed by atoms with van der Waals surface area (Å²) in [7, 11) is 0. The highest BCUT2D eigenvalue weighted by molar-refractivity contribution is 5.33. The second-order valence-electron chi connectivity index (χ2n) is 4.61. The van der Waals surface area contributed by atoms with E-state index in [1.807, 2.05) is 24.4 Å². The van der Waals surface area contributed by atoms with Crippen molar-refractivity contribution in [3.63, 3.8) is 0 Å². The fourth-order valence-electron chi connectivity index (χ4n) is 2.23. The Kier molecular flexibility index (Phi) is 4.34. The summed E-state index contributed by atoms with van der Waals surface area (Å²) in [5, 5.41) is 3.37. The molecule has 0 bridgehead atoms. The van der Waals surface area contributed by atoms with Crippen molar-refractivity contribution in [1.82, 2.24) is 9.88 Å². The molecule has 1 N–H and O–H groups in total. The third-order valence-corrected chi connectivity index (χ3v) is 3.23. The second kappa shape index (κ2) is 5.98. The van der Waals surface area contributed by atoms with Crippen LogP contribution in [0.15, 0.2) is 24.4 Å². The number of anilines is 1. The Morgan fingerprint density at radius 3 is 3.18 bits per heavy atom. The standard InChI is InChI=1S/C13H21N3O/c1-11(16-7-8-17-10-12(16)2)9-15-13-5-3-4-6-14-13/h3-6,11-12H,7-10H2,1-2H3,(H,14,15)/t11-,12+/m0/s1. The largest absolute Gasteiger partial charge is 0.379 e. The van der Waals surface area contributed by atoms with E-state index < -0.39 is 0 Å². The van der Waals surface area contributed by atoms with Gasteiger partial charge in [-0.2, -0.15) is 0 Å². The van der Waals surface area contributed by atoms with Gasteiger partial charge in [-0.05, 0) is 26.0 Å². The van der Waals surface area contributed by atoms with E-state index in [1.165, 1.54) is 0 Å². The number of ether oxygens (including phenoxy) is 1. The van der Waals surface area contributed by atoms with E-state index in [2.05, 4.69) is 29.0 Å². The molecule has 0 amide bonds. The number of hydrogen-bond donors (Lipinski definition) is 1. The van der Waals surface area contributed by atoms with Gasteiger partial charge in [0.1, 0.15) is 5.82 Å². The van der Waals surface area contributed by atoms with Gasteiger partial charge in [-0.15, -0.1) is 0 Å². The van der Waals surface area contributed by atoms with E-state index in [-0.39, 0.29) is 0 Å². The Morgan fingerprint density at radius 1 is 1.59 bits per heavy atom. The molecule has 0 radical (unpaired) electrons. The monoisotopic (exact) mass is 235 g/mol. The van der Waals surface area contributed by atoms with Crippen LogP contribution in [-0.4, -0.2) is 48.3 Å². The van der Waals surface area contributed by atoms with E-state index >= 15 is 0 Å². The molecule has 0 saturated carbocycles. The molecule has 0 unspecified atom stereocenters. The van der Waals surface area contributed by atoms with Crippen molar-refractivity contribution in [2.75, 3.05) is 31.6 Å². The molecule has 4 nitrogen and oxygen atoms in total. The smallest absolute Gasteiger partial charge is 0.125 e. The molecule has 2 atom stereocenters. The Balaban J connectivity index is 1.82. The SMILES string of the molecule is C[C@@H]1COCCN1[C@@H](C)CNc1ccccn1. The highest BCUT2D eigenvalue weighted by Crippen LogP contribution is 2.11. The minimum Gasteiger partial charge on any atom is -0.379 e. The van der Waals surface area contributed by atoms with Crippen LogP contribution < -0.4 is 5.32 Å². The van der Waals surface area contributed by atoms with Crippen LogP contribution in [0.5, 0.6) is 0 Å². The lowest BCUT2D eigenvalue weighted by molar-refractivity contribution is -0.0159. The van der Waals surface area contributed by atoms with Gasteiger partial charge in [-0.25, -0.2) is 4.98 Å². The van der Waals surface area contributed by atoms with Gasteiger partial charge in [-0.3, -0.25) is 4.90 Å². The van der Waals surface area contributed by atoms with Gasteiger partial charge in [0, 0.05) is 31.4 Å². The predicted molar refractivity (Wildman–Crippen MR) is 69.2 cm³/mol. The molecular weight excluding hydrogens is 214 g/mol. The third-order valence-electron chi connectivity index (χ3n) is 3.23. The van der Waals surface area contributed by atoms with Gasteiger partial charge in [0.2, 0.25) is 0 Å². The van der Waals surface area contributed by atoms with Crippen molar-refractivity contribution in [2.24, 2.45) is 0 Å². The van der Waals surface area contributed by atoms with E-state index in [9.17, 15) is 0 Å². The first-order valence-electron chi connectivity index (χ1n) is 6.26. The molecule has 1 saturated heterocycles. The number of morpholine rings is 1. The fraction of sp³-hybridized carbons (Fsp3) is 0.615. The van der Waals surface area contributed by atoms with Gasteiger partial charge in [-0.1, -0.05) is 6.07 Å². The first-order chi connectivity index (χ1) is 8.27. The molecule has 17 heavy (non-hydrogen) atoms. The maximum absolute atomic E-state index is 5.45. The summed E-state index contributed by atoms with van der Waals surface area (Å²) in [6, 6.07) is 6.92. The van der Waals surface area contributed by atoms with Crippen molar-refractivity contribution in [1.29, 1.82) is 0 Å². The van der Waals surface area contributed by atoms with Gasteiger partial charge in [0.15, 0.2) is 0 Å². The first-order valence-corrected chi connectivity index (χ1v) is 6.26. The maximum Gasteiger partial charge on any atom is 0.125 e. The normalized spacial score (nSPS) is 23.3. The lowest BCUT2D eigenvalue weighted by Gasteiger charge is -2.37. The molecule has 2 rings (SSSR count). The molecule has 94 valence electrons. The highest BCUT2D eigenvalue weighted by Gasteiger charge is 2.23. The van der Waals surface area contributed by atoms with Crippen LogP contribution in [0, 0.1) is 0 Å². The Bertz CT molecular complexity index is 331. The average molecular weight is 235 g/mol. The number of hydrogen-bond acceptors (Lipinski definition) is 4. The Labute approximate surface area is 103 Å². The number of aromatic nitrogens is 1. The molecule has 1 fully saturated rings. The summed E-state index contributed by atoms with van der Waals surface area (Å²) in [5.41, 5.74) is 0. The first kappa shape index (κ1) is 12.3. The predicted octanol–water partition coefficient (Wildman–Crippen LogP) is 1.60. The highest BCUT2D eigenvalue weighted by atomic mass is 16.5. The van der Waals surface area contributed by atoms with Crippen LogP contribution in [0.4, 0.5) is 5.82 Å². The molecule has 4 heteroatoms. The van der Waals surface area contributed by atoms with Gasteiger partial charge >= 0.3 is 0 Å². The summed E-state index contributed by atoms with van der Waals surface area (Å²) in [6.07, 6.45) is 1.81. The summed E-state index contributed by atoms with van der Waals surface area (Å²) in [4.78, 5) is 6.75. The molecule has 1 aromatic heterocycles. The quantitative estimate of drug-likeness (QED) is 0.860. The topological polar surface area (TPSA) is 37.4 Å². The van der Waals surface area contributed by atoms with Crippen LogP contribution in [0.1, 0.15) is 13.8 Å². The average Bonchev–Trinajstić information content (AvgIpc) is 2.38. The summed E-state index contributed by atoms with van der Waals surface area (Å²) >= 11 is 0. The molecule has 0 spiro atoms. The van der Waals surface area contributed by atoms with Gasteiger partial charge in [0.25, 0.3) is 0 Å². The summed E-state index contributed by atoms with van der Waals surface area (Å²) < 4.78 is 5.45. The van der Waals surface area contributed by atoms with Crippen molar-refractivity contribution < 1.29 is 4.74 Å². The molecule has 0 aliphatic carbocycles. The van der Waals surface area contributed by atoms with E-state index in [1.54, 1.807) is 0 Å². The van der Waals surface area contributed by atoms with E-state index in [0.29, 0.717) is 12.1 Å². The Hall–Kier alpha value is -1.13. The zero-order valence-electron chi connectivity index (χ0n) is 10.6. The van der Waals surface area contributed by atoms with Crippen LogP contribution in [-0.2, 0) is 4.74 Å². The zero-order valence-corrected chi connectivity index (χ0v) is 10.6. The van der Waals surface area contributed by atoms with Crippen molar-refractivity contribution in [2.45, 2.75) is 25.9 Å². The minimum absolute atomic E-state index is 0.496. The number of pyridine rings is 1.